The van der Waals surface area contributed by atoms with Gasteiger partial charge in [-0.25, -0.2) is 8.42 Å². The summed E-state index contributed by atoms with van der Waals surface area (Å²) >= 11 is 12.3. The molecule has 0 fully saturated rings. The molecule has 36 heavy (non-hydrogen) atoms. The molecule has 2 aromatic rings. The molecular formula is C25H31Cl2N3O5S. The van der Waals surface area contributed by atoms with E-state index < -0.39 is 28.5 Å². The maximum atomic E-state index is 13.6. The number of nitrogens with zero attached hydrogens (tertiary/aromatic N) is 2. The van der Waals surface area contributed by atoms with Crippen LogP contribution in [0.1, 0.15) is 50.0 Å². The van der Waals surface area contributed by atoms with E-state index in [4.69, 9.17) is 23.2 Å². The van der Waals surface area contributed by atoms with Gasteiger partial charge in [0.2, 0.25) is 21.8 Å². The zero-order valence-corrected chi connectivity index (χ0v) is 23.2. The summed E-state index contributed by atoms with van der Waals surface area (Å²) in [4.78, 5) is 39.6. The van der Waals surface area contributed by atoms with Gasteiger partial charge in [-0.3, -0.25) is 18.7 Å². The highest BCUT2D eigenvalue weighted by atomic mass is 35.5. The third-order valence-electron chi connectivity index (χ3n) is 5.74. The Balaban J connectivity index is 2.46. The van der Waals surface area contributed by atoms with Crippen LogP contribution in [-0.4, -0.2) is 55.8 Å². The second kappa shape index (κ2) is 12.6. The lowest BCUT2D eigenvalue weighted by atomic mass is 10.1. The summed E-state index contributed by atoms with van der Waals surface area (Å²) in [5.74, 6) is -1.25. The molecule has 1 N–H and O–H groups in total. The number of hydrogen-bond acceptors (Lipinski definition) is 5. The van der Waals surface area contributed by atoms with Gasteiger partial charge in [-0.05, 0) is 57.0 Å². The van der Waals surface area contributed by atoms with Crippen LogP contribution in [0.25, 0.3) is 0 Å². The third-order valence-corrected chi connectivity index (χ3v) is 7.47. The molecule has 0 heterocycles. The standard InChI is InChI=1S/C25H31Cl2N3O5S/c1-6-16(2)28-25(33)17(3)29(14-20-10-11-21(26)13-23(20)27)24(32)15-30(36(5,34)35)22-9-7-8-19(12-22)18(4)31/h7-13,16-17H,6,14-15H2,1-5H3,(H,28,33). The number of sulfonamides is 1. The second-order valence-electron chi connectivity index (χ2n) is 8.63. The monoisotopic (exact) mass is 555 g/mol. The van der Waals surface area contributed by atoms with E-state index >= 15 is 0 Å². The number of benzene rings is 2. The molecule has 2 rings (SSSR count). The summed E-state index contributed by atoms with van der Waals surface area (Å²) in [6.07, 6.45) is 1.67. The van der Waals surface area contributed by atoms with E-state index in [-0.39, 0.29) is 30.0 Å². The highest BCUT2D eigenvalue weighted by Gasteiger charge is 2.31. The molecule has 11 heteroatoms. The molecule has 196 valence electrons. The van der Waals surface area contributed by atoms with Crippen molar-refractivity contribution in [2.24, 2.45) is 0 Å². The summed E-state index contributed by atoms with van der Waals surface area (Å²) in [6.45, 7) is 6.08. The van der Waals surface area contributed by atoms with Gasteiger partial charge in [-0.2, -0.15) is 0 Å². The fraction of sp³-hybridized carbons (Fsp3) is 0.400. The Morgan fingerprint density at radius 1 is 1.06 bits per heavy atom. The zero-order valence-electron chi connectivity index (χ0n) is 20.9. The van der Waals surface area contributed by atoms with Gasteiger partial charge in [0.15, 0.2) is 5.78 Å². The summed E-state index contributed by atoms with van der Waals surface area (Å²) in [5.41, 5.74) is 1.02. The molecule has 0 saturated carbocycles. The number of halogens is 2. The van der Waals surface area contributed by atoms with Crippen molar-refractivity contribution in [1.82, 2.24) is 10.2 Å². The number of amides is 2. The first-order chi connectivity index (χ1) is 16.7. The first kappa shape index (κ1) is 29.6. The lowest BCUT2D eigenvalue weighted by Crippen LogP contribution is -2.52. The molecule has 2 amide bonds. The number of anilines is 1. The molecule has 0 aliphatic heterocycles. The van der Waals surface area contributed by atoms with E-state index in [0.29, 0.717) is 27.6 Å². The number of carbonyl (C=O) groups excluding carboxylic acids is 3. The van der Waals surface area contributed by atoms with Crippen molar-refractivity contribution in [3.63, 3.8) is 0 Å². The van der Waals surface area contributed by atoms with E-state index in [1.165, 1.54) is 30.0 Å². The fourth-order valence-corrected chi connectivity index (χ4v) is 4.69. The van der Waals surface area contributed by atoms with Crippen molar-refractivity contribution < 1.29 is 22.8 Å². The maximum absolute atomic E-state index is 13.6. The molecule has 0 aliphatic rings. The van der Waals surface area contributed by atoms with Crippen LogP contribution in [0.3, 0.4) is 0 Å². The molecule has 2 atom stereocenters. The van der Waals surface area contributed by atoms with Gasteiger partial charge in [-0.1, -0.05) is 48.3 Å². The SMILES string of the molecule is CCC(C)NC(=O)C(C)N(Cc1ccc(Cl)cc1Cl)C(=O)CN(c1cccc(C(C)=O)c1)S(C)(=O)=O. The molecular weight excluding hydrogens is 525 g/mol. The van der Waals surface area contributed by atoms with Gasteiger partial charge in [0.25, 0.3) is 0 Å². The fourth-order valence-electron chi connectivity index (χ4n) is 3.38. The molecule has 0 bridgehead atoms. The summed E-state index contributed by atoms with van der Waals surface area (Å²) < 4.78 is 26.2. The Hall–Kier alpha value is -2.62. The molecule has 0 radical (unpaired) electrons. The zero-order chi connectivity index (χ0) is 27.2. The maximum Gasteiger partial charge on any atom is 0.244 e. The van der Waals surface area contributed by atoms with Crippen LogP contribution in [0.15, 0.2) is 42.5 Å². The van der Waals surface area contributed by atoms with Crippen LogP contribution >= 0.6 is 23.2 Å². The van der Waals surface area contributed by atoms with Crippen LogP contribution < -0.4 is 9.62 Å². The molecule has 0 saturated heterocycles. The quantitative estimate of drug-likeness (QED) is 0.416. The van der Waals surface area contributed by atoms with Crippen molar-refractivity contribution in [2.75, 3.05) is 17.1 Å². The highest BCUT2D eigenvalue weighted by Crippen LogP contribution is 2.25. The molecule has 0 spiro atoms. The van der Waals surface area contributed by atoms with Crippen molar-refractivity contribution in [3.8, 4) is 0 Å². The minimum Gasteiger partial charge on any atom is -0.352 e. The highest BCUT2D eigenvalue weighted by molar-refractivity contribution is 7.92. The first-order valence-electron chi connectivity index (χ1n) is 11.4. The molecule has 2 unspecified atom stereocenters. The number of hydrogen-bond donors (Lipinski definition) is 1. The van der Waals surface area contributed by atoms with Crippen LogP contribution in [0, 0.1) is 0 Å². The van der Waals surface area contributed by atoms with Gasteiger partial charge in [0.05, 0.1) is 11.9 Å². The lowest BCUT2D eigenvalue weighted by molar-refractivity contribution is -0.139. The van der Waals surface area contributed by atoms with Crippen LogP contribution in [0.5, 0.6) is 0 Å². The van der Waals surface area contributed by atoms with Gasteiger partial charge in [0.1, 0.15) is 12.6 Å². The minimum absolute atomic E-state index is 0.0466. The van der Waals surface area contributed by atoms with E-state index in [1.54, 1.807) is 31.2 Å². The molecule has 0 aliphatic carbocycles. The van der Waals surface area contributed by atoms with Crippen molar-refractivity contribution >= 4 is 56.5 Å². The van der Waals surface area contributed by atoms with Gasteiger partial charge < -0.3 is 10.2 Å². The minimum atomic E-state index is -3.91. The van der Waals surface area contributed by atoms with Gasteiger partial charge in [0, 0.05) is 28.2 Å². The largest absolute Gasteiger partial charge is 0.352 e. The molecule has 8 nitrogen and oxygen atoms in total. The Labute approximate surface area is 222 Å². The summed E-state index contributed by atoms with van der Waals surface area (Å²) in [5, 5.41) is 3.58. The number of ketones is 1. The van der Waals surface area contributed by atoms with E-state index in [9.17, 15) is 22.8 Å². The van der Waals surface area contributed by atoms with E-state index in [0.717, 1.165) is 10.6 Å². The average molecular weight is 557 g/mol. The van der Waals surface area contributed by atoms with Gasteiger partial charge in [-0.15, -0.1) is 0 Å². The van der Waals surface area contributed by atoms with Crippen LogP contribution in [0.4, 0.5) is 5.69 Å². The smallest absolute Gasteiger partial charge is 0.244 e. The Morgan fingerprint density at radius 3 is 2.28 bits per heavy atom. The van der Waals surface area contributed by atoms with Crippen molar-refractivity contribution in [1.29, 1.82) is 0 Å². The second-order valence-corrected chi connectivity index (χ2v) is 11.4. The molecule has 0 aromatic heterocycles. The Morgan fingerprint density at radius 2 is 1.72 bits per heavy atom. The first-order valence-corrected chi connectivity index (χ1v) is 14.0. The predicted molar refractivity (Wildman–Crippen MR) is 143 cm³/mol. The van der Waals surface area contributed by atoms with Crippen LogP contribution in [0.2, 0.25) is 10.0 Å². The van der Waals surface area contributed by atoms with E-state index in [1.807, 2.05) is 13.8 Å². The number of Topliss-reactive ketones (excluding diaryl/α,β-unsaturated/α-hetero) is 1. The summed E-state index contributed by atoms with van der Waals surface area (Å²) in [7, 11) is -3.91. The Bertz CT molecular complexity index is 1240. The number of nitrogens with one attached hydrogen (secondary N) is 1. The Kier molecular flexibility index (Phi) is 10.3. The van der Waals surface area contributed by atoms with Crippen molar-refractivity contribution in [2.45, 2.75) is 52.7 Å². The topological polar surface area (TPSA) is 104 Å². The number of carbonyl (C=O) groups is 3. The lowest BCUT2D eigenvalue weighted by Gasteiger charge is -2.32. The van der Waals surface area contributed by atoms with Crippen molar-refractivity contribution in [3.05, 3.63) is 63.6 Å². The summed E-state index contributed by atoms with van der Waals surface area (Å²) in [6, 6.07) is 9.77. The predicted octanol–water partition coefficient (Wildman–Crippen LogP) is 4.29. The number of rotatable bonds is 11. The van der Waals surface area contributed by atoms with E-state index in [2.05, 4.69) is 5.32 Å². The van der Waals surface area contributed by atoms with Gasteiger partial charge >= 0.3 is 0 Å². The third kappa shape index (κ3) is 7.94. The normalized spacial score (nSPS) is 13.0. The van der Waals surface area contributed by atoms with Crippen LogP contribution in [-0.2, 0) is 26.2 Å². The molecule has 2 aromatic carbocycles. The average Bonchev–Trinajstić information content (AvgIpc) is 2.80.